The molecule has 5 atom stereocenters. The molecular weight excluding hydrogens is 476 g/mol. The number of aliphatic hydroxyl groups excluding tert-OH is 2. The van der Waals surface area contributed by atoms with Crippen LogP contribution in [0.3, 0.4) is 0 Å². The molecule has 0 saturated carbocycles. The van der Waals surface area contributed by atoms with Gasteiger partial charge in [-0.2, -0.15) is 0 Å². The van der Waals surface area contributed by atoms with Gasteiger partial charge in [0, 0.05) is 44.1 Å². The van der Waals surface area contributed by atoms with Gasteiger partial charge >= 0.3 is 5.97 Å². The van der Waals surface area contributed by atoms with E-state index in [9.17, 15) is 19.8 Å². The van der Waals surface area contributed by atoms with Gasteiger partial charge < -0.3 is 30.1 Å². The van der Waals surface area contributed by atoms with Crippen molar-refractivity contribution in [2.75, 3.05) is 19.6 Å². The van der Waals surface area contributed by atoms with Crippen LogP contribution in [0.4, 0.5) is 0 Å². The number of β-amino-alcohol motifs (C(OH)–C–C–N with tert-alkyl or cyclic N) is 1. The van der Waals surface area contributed by atoms with E-state index in [0.717, 1.165) is 35.2 Å². The van der Waals surface area contributed by atoms with Crippen molar-refractivity contribution < 1.29 is 34.4 Å². The van der Waals surface area contributed by atoms with Crippen LogP contribution in [0.25, 0.3) is 0 Å². The normalized spacial score (nSPS) is 26.2. The zero-order chi connectivity index (χ0) is 26.4. The van der Waals surface area contributed by atoms with Gasteiger partial charge in [0.15, 0.2) is 6.29 Å². The number of carbonyl (C=O) groups excluding carboxylic acids is 1. The van der Waals surface area contributed by atoms with Crippen molar-refractivity contribution in [2.45, 2.75) is 63.9 Å². The first-order valence-electron chi connectivity index (χ1n) is 12.8. The van der Waals surface area contributed by atoms with E-state index in [1.165, 1.54) is 0 Å². The Morgan fingerprint density at radius 3 is 2.30 bits per heavy atom. The molecule has 2 fully saturated rings. The highest BCUT2D eigenvalue weighted by atomic mass is 16.7. The first-order chi connectivity index (χ1) is 17.8. The molecule has 2 heterocycles. The minimum absolute atomic E-state index is 0.0145. The minimum atomic E-state index is -0.997. The van der Waals surface area contributed by atoms with E-state index in [0.29, 0.717) is 19.6 Å². The van der Waals surface area contributed by atoms with Gasteiger partial charge in [0.05, 0.1) is 31.3 Å². The standard InChI is InChI=1S/C28H36N2O7/c1-18-24(16-30-13-12-23(32)15-30)36-28(37-27(18)21-6-4-20(17-31)5-7-21)22-8-2-19(3-9-22)14-29-25(33)10-11-26(34)35/h2-9,18,23-24,27-28,31-32H,10-17H2,1H3,(H,29,33)(H,34,35)/t18-,23-,24+,27+,28+/m0/s1. The second-order valence-corrected chi connectivity index (χ2v) is 9.94. The highest BCUT2D eigenvalue weighted by Gasteiger charge is 2.39. The van der Waals surface area contributed by atoms with Gasteiger partial charge in [-0.1, -0.05) is 55.5 Å². The Morgan fingerprint density at radius 1 is 1.00 bits per heavy atom. The van der Waals surface area contributed by atoms with E-state index >= 15 is 0 Å². The van der Waals surface area contributed by atoms with Crippen molar-refractivity contribution in [2.24, 2.45) is 5.92 Å². The number of likely N-dealkylation sites (tertiary alicyclic amines) is 1. The van der Waals surface area contributed by atoms with Crippen molar-refractivity contribution in [3.63, 3.8) is 0 Å². The number of rotatable bonds is 10. The van der Waals surface area contributed by atoms with E-state index in [1.54, 1.807) is 0 Å². The maximum atomic E-state index is 11.8. The number of carboxylic acid groups (broad SMARTS) is 1. The molecule has 2 aromatic rings. The van der Waals surface area contributed by atoms with Gasteiger partial charge in [-0.15, -0.1) is 0 Å². The molecule has 2 saturated heterocycles. The molecule has 200 valence electrons. The number of benzene rings is 2. The Hall–Kier alpha value is -2.82. The lowest BCUT2D eigenvalue weighted by atomic mass is 9.90. The Labute approximate surface area is 217 Å². The molecule has 0 spiro atoms. The molecule has 1 amide bonds. The van der Waals surface area contributed by atoms with Gasteiger partial charge in [0.25, 0.3) is 0 Å². The number of aliphatic carboxylic acids is 1. The molecule has 4 N–H and O–H groups in total. The zero-order valence-corrected chi connectivity index (χ0v) is 21.1. The average molecular weight is 513 g/mol. The number of nitrogens with zero attached hydrogens (tertiary/aromatic N) is 1. The van der Waals surface area contributed by atoms with Crippen LogP contribution in [-0.4, -0.2) is 63.9 Å². The lowest BCUT2D eigenvalue weighted by Crippen LogP contribution is -2.44. The number of aliphatic hydroxyl groups is 2. The summed E-state index contributed by atoms with van der Waals surface area (Å²) in [6.45, 7) is 4.59. The summed E-state index contributed by atoms with van der Waals surface area (Å²) >= 11 is 0. The van der Waals surface area contributed by atoms with Crippen LogP contribution in [0.1, 0.15) is 60.8 Å². The fraction of sp³-hybridized carbons (Fsp3) is 0.500. The number of amides is 1. The molecule has 4 rings (SSSR count). The van der Waals surface area contributed by atoms with Crippen LogP contribution in [0, 0.1) is 5.92 Å². The smallest absolute Gasteiger partial charge is 0.303 e. The van der Waals surface area contributed by atoms with Gasteiger partial charge in [0.1, 0.15) is 0 Å². The molecule has 2 aromatic carbocycles. The van der Waals surface area contributed by atoms with Crippen LogP contribution in [0.15, 0.2) is 48.5 Å². The van der Waals surface area contributed by atoms with Crippen molar-refractivity contribution >= 4 is 11.9 Å². The maximum absolute atomic E-state index is 11.8. The Morgan fingerprint density at radius 2 is 1.68 bits per heavy atom. The van der Waals surface area contributed by atoms with Crippen LogP contribution in [0.2, 0.25) is 0 Å². The summed E-state index contributed by atoms with van der Waals surface area (Å²) in [7, 11) is 0. The van der Waals surface area contributed by atoms with E-state index in [1.807, 2.05) is 48.5 Å². The van der Waals surface area contributed by atoms with Crippen LogP contribution >= 0.6 is 0 Å². The summed E-state index contributed by atoms with van der Waals surface area (Å²) in [5.74, 6) is -1.23. The molecule has 0 bridgehead atoms. The summed E-state index contributed by atoms with van der Waals surface area (Å²) in [5.41, 5.74) is 3.60. The van der Waals surface area contributed by atoms with Crippen LogP contribution in [0.5, 0.6) is 0 Å². The molecule has 37 heavy (non-hydrogen) atoms. The number of hydrogen-bond donors (Lipinski definition) is 4. The summed E-state index contributed by atoms with van der Waals surface area (Å²) < 4.78 is 12.9. The maximum Gasteiger partial charge on any atom is 0.303 e. The van der Waals surface area contributed by atoms with Crippen LogP contribution < -0.4 is 5.32 Å². The first kappa shape index (κ1) is 27.2. The average Bonchev–Trinajstić information content (AvgIpc) is 3.32. The number of hydrogen-bond acceptors (Lipinski definition) is 7. The Balaban J connectivity index is 1.46. The summed E-state index contributed by atoms with van der Waals surface area (Å²) in [6.07, 6.45) is -0.689. The fourth-order valence-corrected chi connectivity index (χ4v) is 4.86. The topological polar surface area (TPSA) is 129 Å². The molecule has 9 nitrogen and oxygen atoms in total. The molecule has 0 aliphatic carbocycles. The molecule has 0 unspecified atom stereocenters. The van der Waals surface area contributed by atoms with Gasteiger partial charge in [-0.3, -0.25) is 14.5 Å². The monoisotopic (exact) mass is 512 g/mol. The van der Waals surface area contributed by atoms with Crippen molar-refractivity contribution in [3.8, 4) is 0 Å². The molecule has 0 aromatic heterocycles. The third kappa shape index (κ3) is 7.37. The second kappa shape index (κ2) is 12.6. The predicted molar refractivity (Wildman–Crippen MR) is 135 cm³/mol. The van der Waals surface area contributed by atoms with Crippen molar-refractivity contribution in [1.29, 1.82) is 0 Å². The number of ether oxygens (including phenoxy) is 2. The third-order valence-corrected chi connectivity index (χ3v) is 7.12. The molecule has 2 aliphatic rings. The summed E-state index contributed by atoms with van der Waals surface area (Å²) in [4.78, 5) is 24.7. The molecular formula is C28H36N2O7. The molecule has 9 heteroatoms. The quantitative estimate of drug-likeness (QED) is 0.382. The fourth-order valence-electron chi connectivity index (χ4n) is 4.86. The van der Waals surface area contributed by atoms with Crippen molar-refractivity contribution in [1.82, 2.24) is 10.2 Å². The first-order valence-corrected chi connectivity index (χ1v) is 12.8. The highest BCUT2D eigenvalue weighted by molar-refractivity contribution is 5.80. The third-order valence-electron chi connectivity index (χ3n) is 7.12. The summed E-state index contributed by atoms with van der Waals surface area (Å²) in [6, 6.07) is 15.4. The number of carbonyl (C=O) groups is 2. The summed E-state index contributed by atoms with van der Waals surface area (Å²) in [5, 5.41) is 30.9. The Bertz CT molecular complexity index is 1040. The predicted octanol–water partition coefficient (Wildman–Crippen LogP) is 2.52. The lowest BCUT2D eigenvalue weighted by molar-refractivity contribution is -0.276. The molecule has 0 radical (unpaired) electrons. The van der Waals surface area contributed by atoms with E-state index in [-0.39, 0.29) is 49.6 Å². The zero-order valence-electron chi connectivity index (χ0n) is 21.1. The van der Waals surface area contributed by atoms with Crippen LogP contribution in [-0.2, 0) is 32.2 Å². The highest BCUT2D eigenvalue weighted by Crippen LogP contribution is 2.42. The molecule has 2 aliphatic heterocycles. The van der Waals surface area contributed by atoms with Gasteiger partial charge in [0.2, 0.25) is 5.91 Å². The van der Waals surface area contributed by atoms with Crippen molar-refractivity contribution in [3.05, 3.63) is 70.8 Å². The van der Waals surface area contributed by atoms with Gasteiger partial charge in [-0.25, -0.2) is 0 Å². The SMILES string of the molecule is C[C@H]1[C@@H](CN2CC[C@H](O)C2)O[C@@H](c2ccc(CNC(=O)CCC(=O)O)cc2)O[C@H]1c1ccc(CO)cc1. The van der Waals surface area contributed by atoms with E-state index < -0.39 is 12.3 Å². The lowest BCUT2D eigenvalue weighted by Gasteiger charge is -2.42. The van der Waals surface area contributed by atoms with Gasteiger partial charge in [-0.05, 0) is 23.1 Å². The number of nitrogens with one attached hydrogen (secondary N) is 1. The minimum Gasteiger partial charge on any atom is -0.481 e. The van der Waals surface area contributed by atoms with E-state index in [4.69, 9.17) is 14.6 Å². The largest absolute Gasteiger partial charge is 0.481 e. The second-order valence-electron chi connectivity index (χ2n) is 9.94. The Kier molecular flexibility index (Phi) is 9.28. The number of carboxylic acids is 1. The van der Waals surface area contributed by atoms with E-state index in [2.05, 4.69) is 17.1 Å².